The summed E-state index contributed by atoms with van der Waals surface area (Å²) >= 11 is 1.70. The standard InChI is InChI=1S/C13H19N5OS/c1-3-7-19-13-17-11(14-2)16-12(18-13)15-6-4-10-5-8-20-9-10/h5,8-9H,3-4,6-7H2,1-2H3,(H2,14,15,16,17,18). The zero-order valence-corrected chi connectivity index (χ0v) is 12.5. The van der Waals surface area contributed by atoms with Crippen LogP contribution in [-0.4, -0.2) is 35.2 Å². The summed E-state index contributed by atoms with van der Waals surface area (Å²) in [6.45, 7) is 3.42. The molecule has 0 radical (unpaired) electrons. The van der Waals surface area contributed by atoms with Crippen molar-refractivity contribution >= 4 is 23.2 Å². The van der Waals surface area contributed by atoms with E-state index in [-0.39, 0.29) is 0 Å². The first-order chi connectivity index (χ1) is 9.81. The van der Waals surface area contributed by atoms with Gasteiger partial charge in [-0.25, -0.2) is 0 Å². The highest BCUT2D eigenvalue weighted by molar-refractivity contribution is 7.07. The fourth-order valence-electron chi connectivity index (χ4n) is 1.56. The maximum atomic E-state index is 5.45. The van der Waals surface area contributed by atoms with Crippen molar-refractivity contribution in [3.63, 3.8) is 0 Å². The Balaban J connectivity index is 1.94. The minimum Gasteiger partial charge on any atom is -0.463 e. The van der Waals surface area contributed by atoms with Gasteiger partial charge in [0.05, 0.1) is 6.61 Å². The van der Waals surface area contributed by atoms with E-state index in [1.807, 2.05) is 6.92 Å². The van der Waals surface area contributed by atoms with Crippen LogP contribution in [0.15, 0.2) is 16.8 Å². The third-order valence-electron chi connectivity index (χ3n) is 2.55. The van der Waals surface area contributed by atoms with E-state index in [9.17, 15) is 0 Å². The van der Waals surface area contributed by atoms with Crippen molar-refractivity contribution in [2.75, 3.05) is 30.8 Å². The second kappa shape index (κ2) is 7.64. The molecule has 0 amide bonds. The van der Waals surface area contributed by atoms with Gasteiger partial charge >= 0.3 is 6.01 Å². The molecule has 0 unspecified atom stereocenters. The topological polar surface area (TPSA) is 72.0 Å². The molecule has 2 rings (SSSR count). The number of hydrogen-bond acceptors (Lipinski definition) is 7. The number of rotatable bonds is 8. The molecule has 2 heterocycles. The van der Waals surface area contributed by atoms with E-state index in [2.05, 4.69) is 42.4 Å². The summed E-state index contributed by atoms with van der Waals surface area (Å²) in [5.41, 5.74) is 1.31. The predicted molar refractivity (Wildman–Crippen MR) is 81.7 cm³/mol. The summed E-state index contributed by atoms with van der Waals surface area (Å²) in [6, 6.07) is 2.47. The Morgan fingerprint density at radius 1 is 1.25 bits per heavy atom. The van der Waals surface area contributed by atoms with Gasteiger partial charge in [0.15, 0.2) is 0 Å². The summed E-state index contributed by atoms with van der Waals surface area (Å²) in [7, 11) is 1.77. The van der Waals surface area contributed by atoms with Crippen molar-refractivity contribution < 1.29 is 4.74 Å². The molecule has 0 atom stereocenters. The number of thiophene rings is 1. The molecule has 0 saturated heterocycles. The summed E-state index contributed by atoms with van der Waals surface area (Å²) in [6.07, 6.45) is 1.86. The number of anilines is 2. The summed E-state index contributed by atoms with van der Waals surface area (Å²) in [4.78, 5) is 12.7. The molecular formula is C13H19N5OS. The highest BCUT2D eigenvalue weighted by Crippen LogP contribution is 2.12. The summed E-state index contributed by atoms with van der Waals surface area (Å²) in [5.74, 6) is 1.04. The van der Waals surface area contributed by atoms with E-state index < -0.39 is 0 Å². The zero-order valence-electron chi connectivity index (χ0n) is 11.7. The molecule has 6 nitrogen and oxygen atoms in total. The van der Waals surface area contributed by atoms with Crippen LogP contribution < -0.4 is 15.4 Å². The van der Waals surface area contributed by atoms with Crippen molar-refractivity contribution in [3.05, 3.63) is 22.4 Å². The molecule has 0 saturated carbocycles. The van der Waals surface area contributed by atoms with E-state index in [1.54, 1.807) is 18.4 Å². The molecular weight excluding hydrogens is 274 g/mol. The molecule has 7 heteroatoms. The van der Waals surface area contributed by atoms with E-state index in [4.69, 9.17) is 4.74 Å². The molecule has 2 N–H and O–H groups in total. The first-order valence-electron chi connectivity index (χ1n) is 6.63. The van der Waals surface area contributed by atoms with Crippen LogP contribution in [0.4, 0.5) is 11.9 Å². The number of nitrogens with one attached hydrogen (secondary N) is 2. The lowest BCUT2D eigenvalue weighted by molar-refractivity contribution is 0.292. The van der Waals surface area contributed by atoms with E-state index >= 15 is 0 Å². The molecule has 108 valence electrons. The van der Waals surface area contributed by atoms with Crippen molar-refractivity contribution in [1.29, 1.82) is 0 Å². The average molecular weight is 293 g/mol. The van der Waals surface area contributed by atoms with Crippen LogP contribution in [0.1, 0.15) is 18.9 Å². The summed E-state index contributed by atoms with van der Waals surface area (Å²) < 4.78 is 5.45. The lowest BCUT2D eigenvalue weighted by Crippen LogP contribution is -2.11. The molecule has 0 bridgehead atoms. The van der Waals surface area contributed by atoms with Gasteiger partial charge in [-0.05, 0) is 35.2 Å². The number of ether oxygens (including phenoxy) is 1. The molecule has 0 aliphatic carbocycles. The number of aromatic nitrogens is 3. The zero-order chi connectivity index (χ0) is 14.2. The van der Waals surface area contributed by atoms with Gasteiger partial charge in [0, 0.05) is 13.6 Å². The fraction of sp³-hybridized carbons (Fsp3) is 0.462. The van der Waals surface area contributed by atoms with Crippen LogP contribution in [0, 0.1) is 0 Å². The van der Waals surface area contributed by atoms with Gasteiger partial charge < -0.3 is 15.4 Å². The third-order valence-corrected chi connectivity index (χ3v) is 3.28. The Labute approximate surface area is 122 Å². The normalized spacial score (nSPS) is 10.3. The van der Waals surface area contributed by atoms with Crippen molar-refractivity contribution in [1.82, 2.24) is 15.0 Å². The van der Waals surface area contributed by atoms with E-state index in [1.165, 1.54) is 5.56 Å². The van der Waals surface area contributed by atoms with Crippen molar-refractivity contribution in [2.45, 2.75) is 19.8 Å². The molecule has 20 heavy (non-hydrogen) atoms. The molecule has 2 aromatic rings. The highest BCUT2D eigenvalue weighted by atomic mass is 32.1. The van der Waals surface area contributed by atoms with Gasteiger partial charge in [-0.1, -0.05) is 6.92 Å². The van der Waals surface area contributed by atoms with Crippen molar-refractivity contribution in [2.24, 2.45) is 0 Å². The quantitative estimate of drug-likeness (QED) is 0.779. The maximum absolute atomic E-state index is 5.45. The SMILES string of the molecule is CCCOc1nc(NC)nc(NCCc2ccsc2)n1. The Bertz CT molecular complexity index is 517. The molecule has 0 aliphatic heterocycles. The molecule has 2 aromatic heterocycles. The van der Waals surface area contributed by atoms with Crippen LogP contribution in [-0.2, 0) is 6.42 Å². The number of nitrogens with zero attached hydrogens (tertiary/aromatic N) is 3. The Kier molecular flexibility index (Phi) is 5.55. The predicted octanol–water partition coefficient (Wildman–Crippen LogP) is 2.42. The number of hydrogen-bond donors (Lipinski definition) is 2. The smallest absolute Gasteiger partial charge is 0.323 e. The second-order valence-corrected chi connectivity index (χ2v) is 4.95. The largest absolute Gasteiger partial charge is 0.463 e. The van der Waals surface area contributed by atoms with Crippen LogP contribution >= 0.6 is 11.3 Å². The van der Waals surface area contributed by atoms with Gasteiger partial charge in [-0.15, -0.1) is 0 Å². The maximum Gasteiger partial charge on any atom is 0.323 e. The highest BCUT2D eigenvalue weighted by Gasteiger charge is 2.06. The third kappa shape index (κ3) is 4.34. The van der Waals surface area contributed by atoms with Crippen LogP contribution in [0.3, 0.4) is 0 Å². The molecule has 0 aliphatic rings. The molecule has 0 spiro atoms. The lowest BCUT2D eigenvalue weighted by atomic mass is 10.2. The average Bonchev–Trinajstić information content (AvgIpc) is 2.98. The lowest BCUT2D eigenvalue weighted by Gasteiger charge is -2.08. The molecule has 0 aromatic carbocycles. The van der Waals surface area contributed by atoms with Gasteiger partial charge in [0.1, 0.15) is 0 Å². The minimum atomic E-state index is 0.351. The van der Waals surface area contributed by atoms with Crippen molar-refractivity contribution in [3.8, 4) is 6.01 Å². The first kappa shape index (κ1) is 14.5. The molecule has 0 fully saturated rings. The first-order valence-corrected chi connectivity index (χ1v) is 7.57. The Hall–Kier alpha value is -1.89. The van der Waals surface area contributed by atoms with Gasteiger partial charge in [0.2, 0.25) is 11.9 Å². The van der Waals surface area contributed by atoms with Crippen LogP contribution in [0.25, 0.3) is 0 Å². The Morgan fingerprint density at radius 3 is 2.80 bits per heavy atom. The Morgan fingerprint density at radius 2 is 2.10 bits per heavy atom. The minimum absolute atomic E-state index is 0.351. The monoisotopic (exact) mass is 293 g/mol. The second-order valence-electron chi connectivity index (χ2n) is 4.17. The fourth-order valence-corrected chi connectivity index (χ4v) is 2.26. The van der Waals surface area contributed by atoms with Gasteiger partial charge in [-0.3, -0.25) is 0 Å². The van der Waals surface area contributed by atoms with E-state index in [0.29, 0.717) is 24.5 Å². The van der Waals surface area contributed by atoms with Crippen LogP contribution in [0.2, 0.25) is 0 Å². The summed E-state index contributed by atoms with van der Waals surface area (Å²) in [5, 5.41) is 10.3. The van der Waals surface area contributed by atoms with E-state index in [0.717, 1.165) is 19.4 Å². The van der Waals surface area contributed by atoms with Crippen LogP contribution in [0.5, 0.6) is 6.01 Å². The van der Waals surface area contributed by atoms with Gasteiger partial charge in [-0.2, -0.15) is 26.3 Å². The van der Waals surface area contributed by atoms with Gasteiger partial charge in [0.25, 0.3) is 0 Å².